The summed E-state index contributed by atoms with van der Waals surface area (Å²) >= 11 is 0. The summed E-state index contributed by atoms with van der Waals surface area (Å²) in [5.41, 5.74) is 4.38. The van der Waals surface area contributed by atoms with Gasteiger partial charge >= 0.3 is 0 Å². The lowest BCUT2D eigenvalue weighted by molar-refractivity contribution is 0.139. The second-order valence-electron chi connectivity index (χ2n) is 8.29. The fraction of sp³-hybridized carbons (Fsp3) is 0.600. The first-order chi connectivity index (χ1) is 11.4. The van der Waals surface area contributed by atoms with Crippen LogP contribution in [-0.4, -0.2) is 22.3 Å². The van der Waals surface area contributed by atoms with Gasteiger partial charge in [-0.05, 0) is 35.4 Å². The molecule has 130 valence electrons. The fourth-order valence-corrected chi connectivity index (χ4v) is 5.23. The van der Waals surface area contributed by atoms with Gasteiger partial charge in [-0.3, -0.25) is 0 Å². The highest BCUT2D eigenvalue weighted by atomic mass is 16.4. The molecule has 0 saturated heterocycles. The van der Waals surface area contributed by atoms with Crippen molar-refractivity contribution in [1.82, 2.24) is 0 Å². The van der Waals surface area contributed by atoms with Gasteiger partial charge in [-0.25, -0.2) is 0 Å². The molecule has 1 unspecified atom stereocenters. The molecule has 2 aliphatic rings. The van der Waals surface area contributed by atoms with E-state index >= 15 is 0 Å². The Morgan fingerprint density at radius 3 is 2.58 bits per heavy atom. The fourth-order valence-electron chi connectivity index (χ4n) is 5.23. The van der Waals surface area contributed by atoms with Crippen LogP contribution in [0.2, 0.25) is 0 Å². The molecule has 2 N–H and O–H groups in total. The molecule has 0 aliphatic heterocycles. The minimum absolute atomic E-state index is 0.0528. The summed E-state index contributed by atoms with van der Waals surface area (Å²) in [6.07, 6.45) is 5.38. The summed E-state index contributed by atoms with van der Waals surface area (Å²) in [4.78, 5) is 0. The van der Waals surface area contributed by atoms with Crippen molar-refractivity contribution in [3.63, 3.8) is 0 Å². The molecule has 1 aromatic carbocycles. The Bertz CT molecular complexity index is 695. The second kappa shape index (κ2) is 5.91. The largest absolute Gasteiger partial charge is 0.411 e. The van der Waals surface area contributed by atoms with Crippen molar-refractivity contribution in [1.29, 1.82) is 0 Å². The summed E-state index contributed by atoms with van der Waals surface area (Å²) in [6.45, 7) is 8.79. The lowest BCUT2D eigenvalue weighted by Gasteiger charge is -2.53. The highest BCUT2D eigenvalue weighted by Gasteiger charge is 2.54. The standard InChI is InChI=1S/C20H28N2O2/c1-13(2)14-6-7-16-15(10-14)11-17(22-24)18-19(3,12-21-23)8-5-9-20(16,18)4/h6-7,10,12-13,18,23-24H,5,8-9,11H2,1-4H3/b21-12+,22-17+/t18?,19-,20-/m1/s1. The number of nitrogens with zero attached hydrogens (tertiary/aromatic N) is 2. The van der Waals surface area contributed by atoms with E-state index in [1.807, 2.05) is 0 Å². The van der Waals surface area contributed by atoms with E-state index in [2.05, 4.69) is 56.2 Å². The SMILES string of the molecule is CC(C)c1ccc2c(c1)C/C(=N\O)C1[C@@](C)(/C=N/O)CCC[C@]21C. The Balaban J connectivity index is 2.18. The molecule has 4 heteroatoms. The van der Waals surface area contributed by atoms with Gasteiger partial charge in [0.15, 0.2) is 0 Å². The molecule has 0 spiro atoms. The van der Waals surface area contributed by atoms with Gasteiger partial charge in [-0.2, -0.15) is 0 Å². The topological polar surface area (TPSA) is 65.2 Å². The summed E-state index contributed by atoms with van der Waals surface area (Å²) < 4.78 is 0. The highest BCUT2D eigenvalue weighted by molar-refractivity contribution is 5.95. The van der Waals surface area contributed by atoms with Gasteiger partial charge in [0.1, 0.15) is 0 Å². The van der Waals surface area contributed by atoms with Gasteiger partial charge in [-0.1, -0.05) is 57.5 Å². The number of fused-ring (bicyclic) bond motifs is 3. The Kier molecular flexibility index (Phi) is 4.18. The van der Waals surface area contributed by atoms with Crippen LogP contribution in [0.3, 0.4) is 0 Å². The number of hydrogen-bond donors (Lipinski definition) is 2. The Morgan fingerprint density at radius 2 is 1.96 bits per heavy atom. The van der Waals surface area contributed by atoms with Gasteiger partial charge in [0.2, 0.25) is 0 Å². The first-order valence-corrected chi connectivity index (χ1v) is 8.88. The molecule has 0 bridgehead atoms. The monoisotopic (exact) mass is 328 g/mol. The van der Waals surface area contributed by atoms with Gasteiger partial charge in [-0.15, -0.1) is 5.16 Å². The quantitative estimate of drug-likeness (QED) is 0.468. The van der Waals surface area contributed by atoms with Gasteiger partial charge in [0, 0.05) is 23.2 Å². The predicted octanol–water partition coefficient (Wildman–Crippen LogP) is 4.72. The maximum Gasteiger partial charge on any atom is 0.0663 e. The van der Waals surface area contributed by atoms with E-state index in [-0.39, 0.29) is 16.7 Å². The van der Waals surface area contributed by atoms with E-state index in [9.17, 15) is 10.4 Å². The number of rotatable bonds is 2. The van der Waals surface area contributed by atoms with Crippen LogP contribution in [0.5, 0.6) is 0 Å². The average Bonchev–Trinajstić information content (AvgIpc) is 2.53. The molecule has 0 aromatic heterocycles. The zero-order chi connectivity index (χ0) is 17.5. The third-order valence-electron chi connectivity index (χ3n) is 6.31. The average molecular weight is 328 g/mol. The van der Waals surface area contributed by atoms with Gasteiger partial charge < -0.3 is 10.4 Å². The van der Waals surface area contributed by atoms with Gasteiger partial charge in [0.25, 0.3) is 0 Å². The zero-order valence-corrected chi connectivity index (χ0v) is 15.1. The van der Waals surface area contributed by atoms with Crippen LogP contribution >= 0.6 is 0 Å². The first kappa shape index (κ1) is 17.0. The number of oxime groups is 2. The third-order valence-corrected chi connectivity index (χ3v) is 6.31. The van der Waals surface area contributed by atoms with E-state index in [1.165, 1.54) is 16.7 Å². The van der Waals surface area contributed by atoms with Gasteiger partial charge in [0.05, 0.1) is 11.9 Å². The third kappa shape index (κ3) is 2.43. The van der Waals surface area contributed by atoms with Crippen LogP contribution in [-0.2, 0) is 11.8 Å². The molecule has 2 aliphatic carbocycles. The molecule has 0 radical (unpaired) electrons. The number of benzene rings is 1. The molecule has 0 amide bonds. The maximum absolute atomic E-state index is 9.73. The minimum Gasteiger partial charge on any atom is -0.411 e. The number of hydrogen-bond acceptors (Lipinski definition) is 4. The molecule has 4 nitrogen and oxygen atoms in total. The Morgan fingerprint density at radius 1 is 1.21 bits per heavy atom. The smallest absolute Gasteiger partial charge is 0.0663 e. The molecular formula is C20H28N2O2. The van der Waals surface area contributed by atoms with Crippen molar-refractivity contribution in [2.45, 2.75) is 64.7 Å². The Labute approximate surface area is 144 Å². The molecular weight excluding hydrogens is 300 g/mol. The van der Waals surface area contributed by atoms with Crippen LogP contribution in [0.25, 0.3) is 0 Å². The van der Waals surface area contributed by atoms with E-state index in [4.69, 9.17) is 0 Å². The molecule has 3 atom stereocenters. The summed E-state index contributed by atoms with van der Waals surface area (Å²) in [5, 5.41) is 26.0. The van der Waals surface area contributed by atoms with E-state index in [0.29, 0.717) is 12.3 Å². The van der Waals surface area contributed by atoms with Crippen LogP contribution in [0.1, 0.15) is 69.6 Å². The molecule has 3 rings (SSSR count). The minimum atomic E-state index is -0.294. The molecule has 1 aromatic rings. The molecule has 1 fully saturated rings. The van der Waals surface area contributed by atoms with E-state index in [1.54, 1.807) is 6.21 Å². The van der Waals surface area contributed by atoms with Crippen molar-refractivity contribution >= 4 is 11.9 Å². The molecule has 0 heterocycles. The predicted molar refractivity (Wildman–Crippen MR) is 96.5 cm³/mol. The Hall–Kier alpha value is -1.84. The molecule has 1 saturated carbocycles. The van der Waals surface area contributed by atoms with E-state index < -0.39 is 0 Å². The normalized spacial score (nSPS) is 34.5. The van der Waals surface area contributed by atoms with Crippen molar-refractivity contribution in [2.75, 3.05) is 0 Å². The summed E-state index contributed by atoms with van der Waals surface area (Å²) in [7, 11) is 0. The zero-order valence-electron chi connectivity index (χ0n) is 15.1. The van der Waals surface area contributed by atoms with Crippen molar-refractivity contribution < 1.29 is 10.4 Å². The summed E-state index contributed by atoms with van der Waals surface area (Å²) in [5.74, 6) is 0.533. The van der Waals surface area contributed by atoms with Crippen LogP contribution < -0.4 is 0 Å². The van der Waals surface area contributed by atoms with Crippen LogP contribution in [0, 0.1) is 11.3 Å². The lowest BCUT2D eigenvalue weighted by Crippen LogP contribution is -2.54. The molecule has 24 heavy (non-hydrogen) atoms. The van der Waals surface area contributed by atoms with Crippen LogP contribution in [0.15, 0.2) is 28.5 Å². The van der Waals surface area contributed by atoms with Crippen LogP contribution in [0.4, 0.5) is 0 Å². The van der Waals surface area contributed by atoms with E-state index in [0.717, 1.165) is 25.0 Å². The lowest BCUT2D eigenvalue weighted by atomic mass is 9.49. The van der Waals surface area contributed by atoms with Crippen molar-refractivity contribution in [3.05, 3.63) is 34.9 Å². The summed E-state index contributed by atoms with van der Waals surface area (Å²) in [6, 6.07) is 6.78. The van der Waals surface area contributed by atoms with Crippen molar-refractivity contribution in [2.24, 2.45) is 21.6 Å². The highest BCUT2D eigenvalue weighted by Crippen LogP contribution is 2.55. The maximum atomic E-state index is 9.73. The van der Waals surface area contributed by atoms with Crippen molar-refractivity contribution in [3.8, 4) is 0 Å². The first-order valence-electron chi connectivity index (χ1n) is 8.88. The second-order valence-corrected chi connectivity index (χ2v) is 8.29.